The average molecular weight is 194 g/mol. The number of hydrazine groups is 1. The maximum Gasteiger partial charge on any atom is 0.227 e. The third kappa shape index (κ3) is 3.27. The highest BCUT2D eigenvalue weighted by Crippen LogP contribution is 2.12. The van der Waals surface area contributed by atoms with E-state index in [0.717, 1.165) is 5.69 Å². The standard InChI is InChI=1S/C8H10N4S/c1-6-2-4-7(5-3-6)11-12-8(13)10-9/h2-5H,9H2,1H3,(H,10,13). The Bertz CT molecular complexity index is 317. The predicted molar refractivity (Wildman–Crippen MR) is 55.6 cm³/mol. The van der Waals surface area contributed by atoms with Crippen LogP contribution < -0.4 is 11.3 Å². The minimum Gasteiger partial charge on any atom is -0.298 e. The van der Waals surface area contributed by atoms with Crippen molar-refractivity contribution in [1.82, 2.24) is 5.43 Å². The second-order valence-corrected chi connectivity index (χ2v) is 2.87. The van der Waals surface area contributed by atoms with Crippen LogP contribution >= 0.6 is 12.2 Å². The molecule has 0 saturated heterocycles. The number of nitrogens with zero attached hydrogens (tertiary/aromatic N) is 2. The van der Waals surface area contributed by atoms with E-state index in [1.165, 1.54) is 5.56 Å². The number of benzene rings is 1. The van der Waals surface area contributed by atoms with Crippen molar-refractivity contribution in [3.63, 3.8) is 0 Å². The third-order valence-corrected chi connectivity index (χ3v) is 1.61. The number of nitrogens with two attached hydrogens (primary N) is 1. The van der Waals surface area contributed by atoms with E-state index in [2.05, 4.69) is 27.9 Å². The molecule has 0 aliphatic rings. The van der Waals surface area contributed by atoms with Gasteiger partial charge in [-0.25, -0.2) is 5.84 Å². The number of aryl methyl sites for hydroxylation is 1. The molecule has 68 valence electrons. The van der Waals surface area contributed by atoms with Gasteiger partial charge in [0.2, 0.25) is 5.11 Å². The van der Waals surface area contributed by atoms with Crippen LogP contribution in [0, 0.1) is 6.92 Å². The zero-order chi connectivity index (χ0) is 9.68. The maximum atomic E-state index is 5.02. The van der Waals surface area contributed by atoms with E-state index in [1.807, 2.05) is 31.2 Å². The van der Waals surface area contributed by atoms with E-state index in [-0.39, 0.29) is 5.11 Å². The van der Waals surface area contributed by atoms with E-state index >= 15 is 0 Å². The second kappa shape index (κ2) is 4.64. The molecule has 0 radical (unpaired) electrons. The Morgan fingerprint density at radius 1 is 1.38 bits per heavy atom. The van der Waals surface area contributed by atoms with Crippen molar-refractivity contribution in [3.8, 4) is 0 Å². The summed E-state index contributed by atoms with van der Waals surface area (Å²) in [5, 5.41) is 7.69. The molecule has 0 atom stereocenters. The van der Waals surface area contributed by atoms with Crippen LogP contribution in [0.15, 0.2) is 34.5 Å². The predicted octanol–water partition coefficient (Wildman–Crippen LogP) is 1.83. The zero-order valence-electron chi connectivity index (χ0n) is 7.19. The molecule has 5 heteroatoms. The molecule has 0 spiro atoms. The lowest BCUT2D eigenvalue weighted by Crippen LogP contribution is -2.26. The fourth-order valence-corrected chi connectivity index (χ4v) is 0.784. The van der Waals surface area contributed by atoms with Crippen LogP contribution in [0.3, 0.4) is 0 Å². The van der Waals surface area contributed by atoms with Gasteiger partial charge in [0.1, 0.15) is 0 Å². The highest BCUT2D eigenvalue weighted by atomic mass is 32.1. The highest BCUT2D eigenvalue weighted by Gasteiger charge is 1.89. The number of hydrogen-bond donors (Lipinski definition) is 2. The van der Waals surface area contributed by atoms with Crippen molar-refractivity contribution in [1.29, 1.82) is 0 Å². The quantitative estimate of drug-likeness (QED) is 0.310. The minimum absolute atomic E-state index is 0.167. The monoisotopic (exact) mass is 194 g/mol. The molecule has 13 heavy (non-hydrogen) atoms. The molecule has 0 heterocycles. The second-order valence-electron chi connectivity index (χ2n) is 2.49. The van der Waals surface area contributed by atoms with Gasteiger partial charge in [0.05, 0.1) is 5.69 Å². The molecule has 0 aromatic heterocycles. The van der Waals surface area contributed by atoms with Gasteiger partial charge in [-0.3, -0.25) is 5.43 Å². The molecule has 0 amide bonds. The van der Waals surface area contributed by atoms with E-state index in [0.29, 0.717) is 0 Å². The molecule has 3 N–H and O–H groups in total. The zero-order valence-corrected chi connectivity index (χ0v) is 8.01. The molecular formula is C8H10N4S. The molecule has 0 aliphatic carbocycles. The summed E-state index contributed by atoms with van der Waals surface area (Å²) in [6, 6.07) is 7.62. The topological polar surface area (TPSA) is 62.8 Å². The van der Waals surface area contributed by atoms with E-state index in [9.17, 15) is 0 Å². The SMILES string of the molecule is Cc1ccc(N=NC(=S)NN)cc1. The van der Waals surface area contributed by atoms with Gasteiger partial charge < -0.3 is 0 Å². The van der Waals surface area contributed by atoms with Crippen molar-refractivity contribution >= 4 is 23.0 Å². The van der Waals surface area contributed by atoms with Crippen LogP contribution in [-0.2, 0) is 0 Å². The Morgan fingerprint density at radius 3 is 2.54 bits per heavy atom. The van der Waals surface area contributed by atoms with E-state index in [1.54, 1.807) is 0 Å². The summed E-state index contributed by atoms with van der Waals surface area (Å²) in [5.41, 5.74) is 4.15. The summed E-state index contributed by atoms with van der Waals surface area (Å²) in [5.74, 6) is 5.02. The lowest BCUT2D eigenvalue weighted by molar-refractivity contribution is 1.02. The van der Waals surface area contributed by atoms with Gasteiger partial charge in [-0.2, -0.15) is 0 Å². The third-order valence-electron chi connectivity index (χ3n) is 1.41. The van der Waals surface area contributed by atoms with E-state index < -0.39 is 0 Å². The first-order chi connectivity index (χ1) is 6.22. The van der Waals surface area contributed by atoms with Crippen LogP contribution in [-0.4, -0.2) is 5.11 Å². The van der Waals surface area contributed by atoms with Gasteiger partial charge in [0, 0.05) is 0 Å². The van der Waals surface area contributed by atoms with Gasteiger partial charge in [0.15, 0.2) is 0 Å². The van der Waals surface area contributed by atoms with Gasteiger partial charge in [-0.1, -0.05) is 17.7 Å². The first kappa shape index (κ1) is 9.76. The molecule has 0 unspecified atom stereocenters. The Labute approximate surface area is 81.8 Å². The molecule has 0 aliphatic heterocycles. The van der Waals surface area contributed by atoms with E-state index in [4.69, 9.17) is 5.84 Å². The van der Waals surface area contributed by atoms with Crippen molar-refractivity contribution in [2.75, 3.05) is 0 Å². The van der Waals surface area contributed by atoms with Crippen LogP contribution in [0.2, 0.25) is 0 Å². The molecular weight excluding hydrogens is 184 g/mol. The fourth-order valence-electron chi connectivity index (χ4n) is 0.743. The lowest BCUT2D eigenvalue weighted by Gasteiger charge is -1.94. The molecule has 4 nitrogen and oxygen atoms in total. The molecule has 0 fully saturated rings. The molecule has 0 bridgehead atoms. The van der Waals surface area contributed by atoms with Gasteiger partial charge >= 0.3 is 0 Å². The van der Waals surface area contributed by atoms with Crippen LogP contribution in [0.25, 0.3) is 0 Å². The summed E-state index contributed by atoms with van der Waals surface area (Å²) < 4.78 is 0. The number of nitrogens with one attached hydrogen (secondary N) is 1. The smallest absolute Gasteiger partial charge is 0.227 e. The Balaban J connectivity index is 2.69. The van der Waals surface area contributed by atoms with Crippen LogP contribution in [0.4, 0.5) is 5.69 Å². The first-order valence-electron chi connectivity index (χ1n) is 3.71. The fraction of sp³-hybridized carbons (Fsp3) is 0.125. The maximum absolute atomic E-state index is 5.02. The largest absolute Gasteiger partial charge is 0.298 e. The molecule has 1 aromatic rings. The lowest BCUT2D eigenvalue weighted by atomic mass is 10.2. The Hall–Kier alpha value is -1.33. The Morgan fingerprint density at radius 2 is 2.00 bits per heavy atom. The highest BCUT2D eigenvalue weighted by molar-refractivity contribution is 7.80. The number of hydrogen-bond acceptors (Lipinski definition) is 3. The van der Waals surface area contributed by atoms with Gasteiger partial charge in [-0.15, -0.1) is 10.2 Å². The van der Waals surface area contributed by atoms with Gasteiger partial charge in [-0.05, 0) is 31.3 Å². The van der Waals surface area contributed by atoms with Crippen molar-refractivity contribution in [3.05, 3.63) is 29.8 Å². The van der Waals surface area contributed by atoms with Crippen molar-refractivity contribution in [2.24, 2.45) is 16.1 Å². The molecule has 0 saturated carbocycles. The minimum atomic E-state index is 0.167. The summed E-state index contributed by atoms with van der Waals surface area (Å²) in [4.78, 5) is 0. The first-order valence-corrected chi connectivity index (χ1v) is 4.12. The van der Waals surface area contributed by atoms with Crippen molar-refractivity contribution < 1.29 is 0 Å². The molecule has 1 aromatic carbocycles. The van der Waals surface area contributed by atoms with Crippen molar-refractivity contribution in [2.45, 2.75) is 6.92 Å². The number of azo groups is 1. The number of rotatable bonds is 1. The van der Waals surface area contributed by atoms with Gasteiger partial charge in [0.25, 0.3) is 0 Å². The van der Waals surface area contributed by atoms with Crippen LogP contribution in [0.1, 0.15) is 5.56 Å². The normalized spacial score (nSPS) is 10.3. The Kier molecular flexibility index (Phi) is 3.48. The summed E-state index contributed by atoms with van der Waals surface area (Å²) >= 11 is 4.68. The summed E-state index contributed by atoms with van der Waals surface area (Å²) in [6.07, 6.45) is 0. The average Bonchev–Trinajstić information content (AvgIpc) is 2.16. The summed E-state index contributed by atoms with van der Waals surface area (Å²) in [6.45, 7) is 2.01. The number of thiocarbonyl (C=S) groups is 1. The summed E-state index contributed by atoms with van der Waals surface area (Å²) in [7, 11) is 0. The molecule has 1 rings (SSSR count). The van der Waals surface area contributed by atoms with Crippen LogP contribution in [0.5, 0.6) is 0 Å².